The number of nitrogens with one attached hydrogen (secondary N) is 1. The van der Waals surface area contributed by atoms with E-state index in [-0.39, 0.29) is 5.69 Å². The molecule has 0 spiro atoms. The molecule has 0 aliphatic carbocycles. The van der Waals surface area contributed by atoms with Crippen molar-refractivity contribution >= 4 is 39.4 Å². The first-order valence-electron chi connectivity index (χ1n) is 8.26. The van der Waals surface area contributed by atoms with Crippen LogP contribution in [0, 0.1) is 17.7 Å². The number of aliphatic carboxylic acids is 1. The third-order valence-electron chi connectivity index (χ3n) is 5.06. The molecule has 2 aromatic carbocycles. The zero-order valence-electron chi connectivity index (χ0n) is 13.8. The van der Waals surface area contributed by atoms with Crippen LogP contribution in [0.2, 0.25) is 0 Å². The van der Waals surface area contributed by atoms with E-state index >= 15 is 0 Å². The van der Waals surface area contributed by atoms with Crippen molar-refractivity contribution in [3.63, 3.8) is 0 Å². The van der Waals surface area contributed by atoms with Crippen LogP contribution < -0.4 is 10.2 Å². The third-order valence-corrected chi connectivity index (χ3v) is 5.58. The molecule has 4 rings (SSSR count). The largest absolute Gasteiger partial charge is 0.480 e. The van der Waals surface area contributed by atoms with Crippen molar-refractivity contribution in [3.8, 4) is 0 Å². The first-order chi connectivity index (χ1) is 12.9. The Morgan fingerprint density at radius 3 is 2.19 bits per heavy atom. The van der Waals surface area contributed by atoms with E-state index < -0.39 is 47.5 Å². The molecule has 0 aromatic heterocycles. The van der Waals surface area contributed by atoms with Crippen LogP contribution in [0.4, 0.5) is 10.1 Å². The summed E-state index contributed by atoms with van der Waals surface area (Å²) in [5.41, 5.74) is 0.957. The van der Waals surface area contributed by atoms with E-state index in [2.05, 4.69) is 21.2 Å². The van der Waals surface area contributed by atoms with Gasteiger partial charge in [-0.15, -0.1) is 0 Å². The first kappa shape index (κ1) is 17.8. The second kappa shape index (κ2) is 6.54. The van der Waals surface area contributed by atoms with Gasteiger partial charge in [0.05, 0.1) is 17.5 Å². The highest BCUT2D eigenvalue weighted by Gasteiger charge is 2.61. The maximum Gasteiger partial charge on any atom is 0.321 e. The smallest absolute Gasteiger partial charge is 0.321 e. The highest BCUT2D eigenvalue weighted by atomic mass is 79.9. The number of hydrogen-bond acceptors (Lipinski definition) is 4. The summed E-state index contributed by atoms with van der Waals surface area (Å²) in [7, 11) is 0. The van der Waals surface area contributed by atoms with Gasteiger partial charge in [0.15, 0.2) is 0 Å². The van der Waals surface area contributed by atoms with Gasteiger partial charge in [-0.05, 0) is 42.0 Å². The molecule has 6 nitrogen and oxygen atoms in total. The van der Waals surface area contributed by atoms with E-state index in [1.807, 2.05) is 0 Å². The van der Waals surface area contributed by atoms with Gasteiger partial charge in [0.2, 0.25) is 11.8 Å². The number of halogens is 2. The van der Waals surface area contributed by atoms with Gasteiger partial charge >= 0.3 is 5.97 Å². The molecule has 2 N–H and O–H groups in total. The number of imide groups is 1. The van der Waals surface area contributed by atoms with E-state index in [9.17, 15) is 23.9 Å². The topological polar surface area (TPSA) is 86.7 Å². The van der Waals surface area contributed by atoms with E-state index in [1.54, 1.807) is 24.3 Å². The molecule has 2 amide bonds. The van der Waals surface area contributed by atoms with Crippen LogP contribution in [0.25, 0.3) is 0 Å². The van der Waals surface area contributed by atoms with Crippen LogP contribution in [0.15, 0.2) is 53.0 Å². The van der Waals surface area contributed by atoms with E-state index in [0.29, 0.717) is 0 Å². The molecule has 2 fully saturated rings. The van der Waals surface area contributed by atoms with Crippen LogP contribution in [-0.4, -0.2) is 28.9 Å². The number of carbonyl (C=O) groups is 3. The van der Waals surface area contributed by atoms with Crippen LogP contribution in [0.1, 0.15) is 11.6 Å². The molecule has 2 heterocycles. The van der Waals surface area contributed by atoms with Crippen molar-refractivity contribution in [2.45, 2.75) is 12.1 Å². The summed E-state index contributed by atoms with van der Waals surface area (Å²) in [5, 5.41) is 12.5. The Labute approximate surface area is 162 Å². The Balaban J connectivity index is 1.76. The number of carboxylic acids is 1. The van der Waals surface area contributed by atoms with Crippen LogP contribution in [0.5, 0.6) is 0 Å². The van der Waals surface area contributed by atoms with Crippen molar-refractivity contribution in [1.82, 2.24) is 5.32 Å². The van der Waals surface area contributed by atoms with Gasteiger partial charge < -0.3 is 5.11 Å². The molecule has 0 unspecified atom stereocenters. The molecular weight excluding hydrogens is 419 g/mol. The van der Waals surface area contributed by atoms with Crippen molar-refractivity contribution in [3.05, 3.63) is 64.4 Å². The highest BCUT2D eigenvalue weighted by Crippen LogP contribution is 2.45. The van der Waals surface area contributed by atoms with Gasteiger partial charge in [-0.3, -0.25) is 19.7 Å². The summed E-state index contributed by atoms with van der Waals surface area (Å²) >= 11 is 3.34. The second-order valence-corrected chi connectivity index (χ2v) is 7.47. The number of hydrogen-bond donors (Lipinski definition) is 2. The van der Waals surface area contributed by atoms with Gasteiger partial charge in [-0.2, -0.15) is 0 Å². The Morgan fingerprint density at radius 1 is 1.00 bits per heavy atom. The van der Waals surface area contributed by atoms with Gasteiger partial charge in [-0.25, -0.2) is 9.29 Å². The molecule has 2 aliphatic heterocycles. The fraction of sp³-hybridized carbons (Fsp3) is 0.211. The van der Waals surface area contributed by atoms with Gasteiger partial charge in [0.1, 0.15) is 11.9 Å². The third kappa shape index (κ3) is 2.85. The minimum Gasteiger partial charge on any atom is -0.480 e. The lowest BCUT2D eigenvalue weighted by atomic mass is 9.86. The zero-order valence-corrected chi connectivity index (χ0v) is 15.4. The summed E-state index contributed by atoms with van der Waals surface area (Å²) in [6.07, 6.45) is 0. The highest BCUT2D eigenvalue weighted by molar-refractivity contribution is 9.10. The predicted octanol–water partition coefficient (Wildman–Crippen LogP) is 2.49. The molecule has 0 radical (unpaired) electrons. The average Bonchev–Trinajstić information content (AvgIpc) is 3.15. The monoisotopic (exact) mass is 432 g/mol. The molecule has 4 atom stereocenters. The van der Waals surface area contributed by atoms with E-state index in [0.717, 1.165) is 27.1 Å². The van der Waals surface area contributed by atoms with Gasteiger partial charge in [-0.1, -0.05) is 28.1 Å². The molecule has 8 heteroatoms. The standard InChI is InChI=1S/C19H14BrFN2O4/c20-10-3-1-9(2-4-10)15-13-14(16(22-15)19(26)27)18(25)23(17(13)24)12-7-5-11(21)6-8-12/h1-8,13-16,22H,(H,26,27)/t13-,14-,15-,16-/m1/s1. The van der Waals surface area contributed by atoms with E-state index in [4.69, 9.17) is 0 Å². The summed E-state index contributed by atoms with van der Waals surface area (Å²) in [5.74, 6) is -4.61. The number of carbonyl (C=O) groups excluding carboxylic acids is 2. The summed E-state index contributed by atoms with van der Waals surface area (Å²) in [6, 6.07) is 10.3. The first-order valence-corrected chi connectivity index (χ1v) is 9.05. The summed E-state index contributed by atoms with van der Waals surface area (Å²) < 4.78 is 14.0. The van der Waals surface area contributed by atoms with Gasteiger partial charge in [0, 0.05) is 10.5 Å². The number of fused-ring (bicyclic) bond motifs is 1. The number of benzene rings is 2. The van der Waals surface area contributed by atoms with Crippen molar-refractivity contribution in [2.24, 2.45) is 11.8 Å². The Bertz CT molecular complexity index is 932. The second-order valence-electron chi connectivity index (χ2n) is 6.55. The Morgan fingerprint density at radius 2 is 1.59 bits per heavy atom. The number of nitrogens with zero attached hydrogens (tertiary/aromatic N) is 1. The predicted molar refractivity (Wildman–Crippen MR) is 97.3 cm³/mol. The molecular formula is C19H14BrFN2O4. The fourth-order valence-electron chi connectivity index (χ4n) is 3.86. The van der Waals surface area contributed by atoms with Crippen LogP contribution in [-0.2, 0) is 14.4 Å². The van der Waals surface area contributed by atoms with E-state index in [1.165, 1.54) is 12.1 Å². The maximum atomic E-state index is 13.2. The van der Waals surface area contributed by atoms with Crippen LogP contribution >= 0.6 is 15.9 Å². The van der Waals surface area contributed by atoms with Crippen LogP contribution in [0.3, 0.4) is 0 Å². The van der Waals surface area contributed by atoms with Crippen molar-refractivity contribution < 1.29 is 23.9 Å². The zero-order chi connectivity index (χ0) is 19.3. The fourth-order valence-corrected chi connectivity index (χ4v) is 4.12. The molecule has 2 aromatic rings. The maximum absolute atomic E-state index is 13.2. The Kier molecular flexibility index (Phi) is 4.32. The van der Waals surface area contributed by atoms with Crippen molar-refractivity contribution in [1.29, 1.82) is 0 Å². The molecule has 0 saturated carbocycles. The quantitative estimate of drug-likeness (QED) is 0.727. The van der Waals surface area contributed by atoms with Crippen molar-refractivity contribution in [2.75, 3.05) is 4.90 Å². The number of rotatable bonds is 3. The Hall–Kier alpha value is -2.58. The lowest BCUT2D eigenvalue weighted by Gasteiger charge is -2.21. The minimum absolute atomic E-state index is 0.236. The summed E-state index contributed by atoms with van der Waals surface area (Å²) in [6.45, 7) is 0. The minimum atomic E-state index is -1.19. The molecule has 2 aliphatic rings. The SMILES string of the molecule is O=C(O)[C@@H]1N[C@H](c2ccc(Br)cc2)[C@@H]2C(=O)N(c3ccc(F)cc3)C(=O)[C@H]21. The lowest BCUT2D eigenvalue weighted by molar-refractivity contribution is -0.142. The normalized spacial score (nSPS) is 27.1. The molecule has 2 saturated heterocycles. The number of carboxylic acid groups (broad SMARTS) is 1. The average molecular weight is 433 g/mol. The molecule has 27 heavy (non-hydrogen) atoms. The summed E-state index contributed by atoms with van der Waals surface area (Å²) in [4.78, 5) is 38.7. The lowest BCUT2D eigenvalue weighted by Crippen LogP contribution is -2.43. The number of anilines is 1. The number of amides is 2. The molecule has 138 valence electrons. The molecule has 0 bridgehead atoms. The van der Waals surface area contributed by atoms with Gasteiger partial charge in [0.25, 0.3) is 0 Å².